The van der Waals surface area contributed by atoms with Crippen molar-refractivity contribution < 1.29 is 0 Å². The summed E-state index contributed by atoms with van der Waals surface area (Å²) in [5.74, 6) is 0. The number of rotatable bonds is 1. The van der Waals surface area contributed by atoms with Crippen LogP contribution in [0.3, 0.4) is 0 Å². The lowest BCUT2D eigenvalue weighted by molar-refractivity contribution is 1.11. The molecule has 8 heavy (non-hydrogen) atoms. The summed E-state index contributed by atoms with van der Waals surface area (Å²) in [6.07, 6.45) is 1.46. The first-order chi connectivity index (χ1) is 3.68. The van der Waals surface area contributed by atoms with Gasteiger partial charge in [0.25, 0.3) is 0 Å². The van der Waals surface area contributed by atoms with E-state index in [9.17, 15) is 0 Å². The van der Waals surface area contributed by atoms with Crippen molar-refractivity contribution in [1.82, 2.24) is 0 Å². The Balaban J connectivity index is 3.85. The van der Waals surface area contributed by atoms with Gasteiger partial charge in [0, 0.05) is 6.08 Å². The monoisotopic (exact) mass is 129 g/mol. The van der Waals surface area contributed by atoms with E-state index in [1.54, 1.807) is 0 Å². The van der Waals surface area contributed by atoms with Crippen LogP contribution < -0.4 is 0 Å². The quantitative estimate of drug-likeness (QED) is 0.393. The highest BCUT2D eigenvalue weighted by molar-refractivity contribution is 6.22. The molecule has 1 unspecified atom stereocenters. The molecule has 0 saturated heterocycles. The molecule has 0 spiro atoms. The molecule has 0 N–H and O–H groups in total. The number of nitrogens with zero attached hydrogens (tertiary/aromatic N) is 1. The Kier molecular flexibility index (Phi) is 3.30. The van der Waals surface area contributed by atoms with Crippen LogP contribution in [0.2, 0.25) is 0 Å². The van der Waals surface area contributed by atoms with Gasteiger partial charge in [-0.1, -0.05) is 0 Å². The first-order valence-corrected chi connectivity index (χ1v) is 2.82. The van der Waals surface area contributed by atoms with E-state index in [-0.39, 0.29) is 5.38 Å². The minimum absolute atomic E-state index is 0.0188. The van der Waals surface area contributed by atoms with E-state index in [0.717, 1.165) is 5.57 Å². The zero-order chi connectivity index (χ0) is 6.57. The van der Waals surface area contributed by atoms with Gasteiger partial charge >= 0.3 is 0 Å². The lowest BCUT2D eigenvalue weighted by atomic mass is 10.2. The standard InChI is InChI=1S/C6H8ClN/c1-5(3-4-8)6(2)7/h3,6H,1-2H3/b5-3-. The molecule has 2 heteroatoms. The van der Waals surface area contributed by atoms with Gasteiger partial charge in [0.1, 0.15) is 0 Å². The first kappa shape index (κ1) is 7.52. The average molecular weight is 130 g/mol. The summed E-state index contributed by atoms with van der Waals surface area (Å²) >= 11 is 5.59. The molecule has 0 saturated carbocycles. The van der Waals surface area contributed by atoms with Gasteiger partial charge in [-0.2, -0.15) is 5.26 Å². The number of halogens is 1. The van der Waals surface area contributed by atoms with E-state index < -0.39 is 0 Å². The summed E-state index contributed by atoms with van der Waals surface area (Å²) < 4.78 is 0. The fourth-order valence-electron chi connectivity index (χ4n) is 0.217. The van der Waals surface area contributed by atoms with Crippen molar-refractivity contribution in [1.29, 1.82) is 5.26 Å². The number of allylic oxidation sites excluding steroid dienone is 2. The van der Waals surface area contributed by atoms with Crippen LogP contribution in [0.4, 0.5) is 0 Å². The SMILES string of the molecule is C/C(=C/C#N)C(C)Cl. The van der Waals surface area contributed by atoms with Gasteiger partial charge in [0.05, 0.1) is 11.4 Å². The minimum atomic E-state index is -0.0188. The van der Waals surface area contributed by atoms with Crippen LogP contribution in [-0.2, 0) is 0 Å². The zero-order valence-electron chi connectivity index (χ0n) is 4.98. The molecule has 0 aliphatic rings. The number of nitriles is 1. The van der Waals surface area contributed by atoms with E-state index >= 15 is 0 Å². The summed E-state index contributed by atoms with van der Waals surface area (Å²) in [7, 11) is 0. The van der Waals surface area contributed by atoms with Crippen LogP contribution in [0.5, 0.6) is 0 Å². The molecule has 0 amide bonds. The Morgan fingerprint density at radius 1 is 1.88 bits per heavy atom. The van der Waals surface area contributed by atoms with E-state index in [2.05, 4.69) is 0 Å². The second-order valence-electron chi connectivity index (χ2n) is 1.63. The van der Waals surface area contributed by atoms with Crippen LogP contribution in [0, 0.1) is 11.3 Å². The highest BCUT2D eigenvalue weighted by Gasteiger charge is 1.95. The highest BCUT2D eigenvalue weighted by atomic mass is 35.5. The molecule has 0 aromatic carbocycles. The van der Waals surface area contributed by atoms with Crippen molar-refractivity contribution >= 4 is 11.6 Å². The van der Waals surface area contributed by atoms with Crippen LogP contribution in [0.25, 0.3) is 0 Å². The van der Waals surface area contributed by atoms with Crippen molar-refractivity contribution in [3.05, 3.63) is 11.6 Å². The highest BCUT2D eigenvalue weighted by Crippen LogP contribution is 2.05. The molecule has 0 aromatic rings. The molecular weight excluding hydrogens is 122 g/mol. The molecule has 0 aromatic heterocycles. The van der Waals surface area contributed by atoms with Gasteiger partial charge in [0.2, 0.25) is 0 Å². The van der Waals surface area contributed by atoms with E-state index in [1.165, 1.54) is 6.08 Å². The largest absolute Gasteiger partial charge is 0.193 e. The second-order valence-corrected chi connectivity index (χ2v) is 2.29. The van der Waals surface area contributed by atoms with Crippen LogP contribution in [0.15, 0.2) is 11.6 Å². The molecule has 1 nitrogen and oxygen atoms in total. The Labute approximate surface area is 54.6 Å². The van der Waals surface area contributed by atoms with Crippen molar-refractivity contribution in [3.8, 4) is 6.07 Å². The molecule has 0 aliphatic carbocycles. The molecular formula is C6H8ClN. The predicted octanol–water partition coefficient (Wildman–Crippen LogP) is 2.08. The molecule has 0 aliphatic heterocycles. The summed E-state index contributed by atoms with van der Waals surface area (Å²) in [6, 6.07) is 1.90. The van der Waals surface area contributed by atoms with Crippen molar-refractivity contribution in [3.63, 3.8) is 0 Å². The topological polar surface area (TPSA) is 23.8 Å². The first-order valence-electron chi connectivity index (χ1n) is 2.39. The van der Waals surface area contributed by atoms with E-state index in [1.807, 2.05) is 19.9 Å². The fourth-order valence-corrected chi connectivity index (χ4v) is 0.280. The van der Waals surface area contributed by atoms with Gasteiger partial charge < -0.3 is 0 Å². The Morgan fingerprint density at radius 2 is 2.38 bits per heavy atom. The van der Waals surface area contributed by atoms with Gasteiger partial charge in [0.15, 0.2) is 0 Å². The Bertz CT molecular complexity index is 130. The molecule has 0 bridgehead atoms. The maximum Gasteiger partial charge on any atom is 0.0911 e. The average Bonchev–Trinajstić information content (AvgIpc) is 1.67. The summed E-state index contributed by atoms with van der Waals surface area (Å²) in [5, 5.41) is 8.08. The lowest BCUT2D eigenvalue weighted by Crippen LogP contribution is -1.90. The molecule has 0 radical (unpaired) electrons. The van der Waals surface area contributed by atoms with Crippen molar-refractivity contribution in [2.24, 2.45) is 0 Å². The summed E-state index contributed by atoms with van der Waals surface area (Å²) in [4.78, 5) is 0. The minimum Gasteiger partial charge on any atom is -0.193 e. The number of hydrogen-bond acceptors (Lipinski definition) is 1. The summed E-state index contributed by atoms with van der Waals surface area (Å²) in [6.45, 7) is 3.67. The van der Waals surface area contributed by atoms with Crippen LogP contribution in [-0.4, -0.2) is 5.38 Å². The normalized spacial score (nSPS) is 15.0. The Morgan fingerprint density at radius 3 is 2.50 bits per heavy atom. The fraction of sp³-hybridized carbons (Fsp3) is 0.500. The Hall–Kier alpha value is -0.480. The predicted molar refractivity (Wildman–Crippen MR) is 34.7 cm³/mol. The van der Waals surface area contributed by atoms with E-state index in [0.29, 0.717) is 0 Å². The third-order valence-corrected chi connectivity index (χ3v) is 1.26. The second kappa shape index (κ2) is 3.51. The third kappa shape index (κ3) is 2.65. The maximum absolute atomic E-state index is 8.10. The van der Waals surface area contributed by atoms with Crippen LogP contribution >= 0.6 is 11.6 Å². The van der Waals surface area contributed by atoms with Gasteiger partial charge in [-0.25, -0.2) is 0 Å². The number of alkyl halides is 1. The third-order valence-electron chi connectivity index (χ3n) is 0.920. The van der Waals surface area contributed by atoms with Gasteiger partial charge in [-0.3, -0.25) is 0 Å². The maximum atomic E-state index is 8.10. The lowest BCUT2D eigenvalue weighted by Gasteiger charge is -1.96. The molecule has 0 fully saturated rings. The van der Waals surface area contributed by atoms with Crippen molar-refractivity contribution in [2.75, 3.05) is 0 Å². The smallest absolute Gasteiger partial charge is 0.0911 e. The van der Waals surface area contributed by atoms with Crippen LogP contribution in [0.1, 0.15) is 13.8 Å². The van der Waals surface area contributed by atoms with Gasteiger partial charge in [-0.15, -0.1) is 11.6 Å². The molecule has 1 atom stereocenters. The number of hydrogen-bond donors (Lipinski definition) is 0. The zero-order valence-corrected chi connectivity index (χ0v) is 5.74. The van der Waals surface area contributed by atoms with Crippen molar-refractivity contribution in [2.45, 2.75) is 19.2 Å². The molecule has 0 rings (SSSR count). The van der Waals surface area contributed by atoms with Gasteiger partial charge in [-0.05, 0) is 19.4 Å². The molecule has 0 heterocycles. The molecule has 44 valence electrons. The summed E-state index contributed by atoms with van der Waals surface area (Å²) in [5.41, 5.74) is 0.911. The van der Waals surface area contributed by atoms with E-state index in [4.69, 9.17) is 16.9 Å².